The lowest BCUT2D eigenvalue weighted by molar-refractivity contribution is 0.101. The Morgan fingerprint density at radius 2 is 2.17 bits per heavy atom. The lowest BCUT2D eigenvalue weighted by atomic mass is 10.1. The fourth-order valence-electron chi connectivity index (χ4n) is 2.50. The van der Waals surface area contributed by atoms with Crippen LogP contribution in [0.2, 0.25) is 0 Å². The van der Waals surface area contributed by atoms with Crippen molar-refractivity contribution in [1.29, 1.82) is 0 Å². The van der Waals surface area contributed by atoms with E-state index in [0.717, 1.165) is 29.9 Å². The van der Waals surface area contributed by atoms with Gasteiger partial charge in [0.2, 0.25) is 0 Å². The Labute approximate surface area is 142 Å². The summed E-state index contributed by atoms with van der Waals surface area (Å²) in [5.41, 5.74) is 2.32. The SMILES string of the molecule is CCCC(CO)Nc1ncncc1CCc1cccc(C(C)=O)n1. The predicted octanol–water partition coefficient (Wildman–Crippen LogP) is 2.43. The Hall–Kier alpha value is -2.34. The highest BCUT2D eigenvalue weighted by atomic mass is 16.3. The fraction of sp³-hybridized carbons (Fsp3) is 0.444. The third-order valence-electron chi connectivity index (χ3n) is 3.80. The Kier molecular flexibility index (Phi) is 6.81. The minimum atomic E-state index is -0.0346. The molecule has 0 saturated carbocycles. The second kappa shape index (κ2) is 9.08. The third-order valence-corrected chi connectivity index (χ3v) is 3.80. The van der Waals surface area contributed by atoms with E-state index in [1.54, 1.807) is 12.3 Å². The van der Waals surface area contributed by atoms with E-state index in [4.69, 9.17) is 0 Å². The summed E-state index contributed by atoms with van der Waals surface area (Å²) in [6.07, 6.45) is 6.55. The van der Waals surface area contributed by atoms with Crippen LogP contribution in [0, 0.1) is 0 Å². The molecule has 6 heteroatoms. The van der Waals surface area contributed by atoms with E-state index in [1.807, 2.05) is 12.1 Å². The van der Waals surface area contributed by atoms with Gasteiger partial charge in [-0.2, -0.15) is 0 Å². The van der Waals surface area contributed by atoms with E-state index in [-0.39, 0.29) is 18.4 Å². The van der Waals surface area contributed by atoms with Crippen molar-refractivity contribution in [3.05, 3.63) is 47.7 Å². The van der Waals surface area contributed by atoms with Gasteiger partial charge in [-0.1, -0.05) is 19.4 Å². The number of aryl methyl sites for hydroxylation is 2. The number of ketones is 1. The van der Waals surface area contributed by atoms with Crippen LogP contribution in [0.1, 0.15) is 48.4 Å². The zero-order chi connectivity index (χ0) is 17.4. The number of aliphatic hydroxyl groups excluding tert-OH is 1. The zero-order valence-corrected chi connectivity index (χ0v) is 14.2. The molecule has 0 radical (unpaired) electrons. The maximum Gasteiger partial charge on any atom is 0.178 e. The Bertz CT molecular complexity index is 676. The molecule has 0 aliphatic rings. The topological polar surface area (TPSA) is 88.0 Å². The number of Topliss-reactive ketones (excluding diaryl/α,β-unsaturated/α-hetero) is 1. The first-order chi connectivity index (χ1) is 11.6. The highest BCUT2D eigenvalue weighted by molar-refractivity contribution is 5.92. The van der Waals surface area contributed by atoms with E-state index in [1.165, 1.54) is 13.3 Å². The number of rotatable bonds is 9. The lowest BCUT2D eigenvalue weighted by Crippen LogP contribution is -2.25. The zero-order valence-electron chi connectivity index (χ0n) is 14.2. The van der Waals surface area contributed by atoms with Crippen LogP contribution in [0.15, 0.2) is 30.7 Å². The molecule has 0 spiro atoms. The normalized spacial score (nSPS) is 12.0. The summed E-state index contributed by atoms with van der Waals surface area (Å²) < 4.78 is 0. The summed E-state index contributed by atoms with van der Waals surface area (Å²) in [4.78, 5) is 24.2. The standard InChI is InChI=1S/C18H24N4O2/c1-3-5-16(11-23)22-18-14(10-19-12-20-18)8-9-15-6-4-7-17(21-15)13(2)24/h4,6-7,10,12,16,23H,3,5,8-9,11H2,1-2H3,(H,19,20,22). The molecule has 2 rings (SSSR count). The molecule has 0 fully saturated rings. The van der Waals surface area contributed by atoms with Crippen LogP contribution in [0.25, 0.3) is 0 Å². The number of aliphatic hydroxyl groups is 1. The van der Waals surface area contributed by atoms with Crippen molar-refractivity contribution in [1.82, 2.24) is 15.0 Å². The molecule has 0 aliphatic heterocycles. The summed E-state index contributed by atoms with van der Waals surface area (Å²) in [6, 6.07) is 5.48. The molecule has 0 bridgehead atoms. The van der Waals surface area contributed by atoms with E-state index in [2.05, 4.69) is 27.2 Å². The maximum absolute atomic E-state index is 11.4. The number of carbonyl (C=O) groups is 1. The number of nitrogens with one attached hydrogen (secondary N) is 1. The summed E-state index contributed by atoms with van der Waals surface area (Å²) in [7, 11) is 0. The largest absolute Gasteiger partial charge is 0.394 e. The number of carbonyl (C=O) groups excluding carboxylic acids is 1. The summed E-state index contributed by atoms with van der Waals surface area (Å²) in [5.74, 6) is 0.716. The van der Waals surface area contributed by atoms with E-state index in [9.17, 15) is 9.90 Å². The van der Waals surface area contributed by atoms with Crippen LogP contribution in [-0.4, -0.2) is 38.5 Å². The van der Waals surface area contributed by atoms with Crippen LogP contribution in [-0.2, 0) is 12.8 Å². The molecule has 2 aromatic heterocycles. The monoisotopic (exact) mass is 328 g/mol. The van der Waals surface area contributed by atoms with Gasteiger partial charge in [-0.15, -0.1) is 0 Å². The molecule has 1 atom stereocenters. The van der Waals surface area contributed by atoms with Gasteiger partial charge >= 0.3 is 0 Å². The van der Waals surface area contributed by atoms with Crippen molar-refractivity contribution in [3.8, 4) is 0 Å². The van der Waals surface area contributed by atoms with E-state index < -0.39 is 0 Å². The summed E-state index contributed by atoms with van der Waals surface area (Å²) >= 11 is 0. The van der Waals surface area contributed by atoms with Crippen LogP contribution >= 0.6 is 0 Å². The van der Waals surface area contributed by atoms with Crippen molar-refractivity contribution in [2.24, 2.45) is 0 Å². The van der Waals surface area contributed by atoms with Gasteiger partial charge in [-0.25, -0.2) is 15.0 Å². The first-order valence-corrected chi connectivity index (χ1v) is 8.27. The highest BCUT2D eigenvalue weighted by Crippen LogP contribution is 2.16. The second-order valence-corrected chi connectivity index (χ2v) is 5.78. The Balaban J connectivity index is 2.07. The molecule has 128 valence electrons. The molecule has 0 amide bonds. The third kappa shape index (κ3) is 5.09. The van der Waals surface area contributed by atoms with Crippen molar-refractivity contribution >= 4 is 11.6 Å². The minimum Gasteiger partial charge on any atom is -0.394 e. The Morgan fingerprint density at radius 1 is 1.33 bits per heavy atom. The first kappa shape index (κ1) is 18.0. The summed E-state index contributed by atoms with van der Waals surface area (Å²) in [6.45, 7) is 3.67. The first-order valence-electron chi connectivity index (χ1n) is 8.27. The molecule has 2 aromatic rings. The highest BCUT2D eigenvalue weighted by Gasteiger charge is 2.11. The average molecular weight is 328 g/mol. The Morgan fingerprint density at radius 3 is 2.88 bits per heavy atom. The van der Waals surface area contributed by atoms with Crippen molar-refractivity contribution in [2.45, 2.75) is 45.6 Å². The van der Waals surface area contributed by atoms with Gasteiger partial charge in [-0.05, 0) is 31.4 Å². The number of aromatic nitrogens is 3. The van der Waals surface area contributed by atoms with E-state index in [0.29, 0.717) is 18.5 Å². The van der Waals surface area contributed by atoms with Gasteiger partial charge in [0.25, 0.3) is 0 Å². The van der Waals surface area contributed by atoms with Crippen LogP contribution in [0.5, 0.6) is 0 Å². The number of nitrogens with zero attached hydrogens (tertiary/aromatic N) is 3. The number of hydrogen-bond donors (Lipinski definition) is 2. The number of pyridine rings is 1. The average Bonchev–Trinajstić information content (AvgIpc) is 2.60. The number of hydrogen-bond acceptors (Lipinski definition) is 6. The maximum atomic E-state index is 11.4. The van der Waals surface area contributed by atoms with Crippen molar-refractivity contribution < 1.29 is 9.90 Å². The van der Waals surface area contributed by atoms with Crippen LogP contribution in [0.4, 0.5) is 5.82 Å². The second-order valence-electron chi connectivity index (χ2n) is 5.78. The van der Waals surface area contributed by atoms with Gasteiger partial charge in [0, 0.05) is 24.4 Å². The molecule has 2 N–H and O–H groups in total. The predicted molar refractivity (Wildman–Crippen MR) is 93.1 cm³/mol. The minimum absolute atomic E-state index is 0.0113. The van der Waals surface area contributed by atoms with Gasteiger partial charge in [0.1, 0.15) is 17.8 Å². The smallest absolute Gasteiger partial charge is 0.178 e. The van der Waals surface area contributed by atoms with Gasteiger partial charge < -0.3 is 10.4 Å². The van der Waals surface area contributed by atoms with Gasteiger partial charge in [0.05, 0.1) is 12.6 Å². The van der Waals surface area contributed by atoms with E-state index >= 15 is 0 Å². The number of anilines is 1. The molecule has 0 aliphatic carbocycles. The molecule has 24 heavy (non-hydrogen) atoms. The quantitative estimate of drug-likeness (QED) is 0.687. The van der Waals surface area contributed by atoms with Crippen molar-refractivity contribution in [3.63, 3.8) is 0 Å². The molecule has 0 aromatic carbocycles. The summed E-state index contributed by atoms with van der Waals surface area (Å²) in [5, 5.41) is 12.7. The molecular weight excluding hydrogens is 304 g/mol. The molecule has 0 saturated heterocycles. The molecule has 2 heterocycles. The lowest BCUT2D eigenvalue weighted by Gasteiger charge is -2.18. The molecular formula is C18H24N4O2. The van der Waals surface area contributed by atoms with Gasteiger partial charge in [0.15, 0.2) is 5.78 Å². The molecule has 1 unspecified atom stereocenters. The fourth-order valence-corrected chi connectivity index (χ4v) is 2.50. The van der Waals surface area contributed by atoms with Gasteiger partial charge in [-0.3, -0.25) is 4.79 Å². The van der Waals surface area contributed by atoms with Crippen LogP contribution in [0.3, 0.4) is 0 Å². The van der Waals surface area contributed by atoms with Crippen molar-refractivity contribution in [2.75, 3.05) is 11.9 Å². The van der Waals surface area contributed by atoms with Crippen LogP contribution < -0.4 is 5.32 Å². The molecule has 6 nitrogen and oxygen atoms in total.